The van der Waals surface area contributed by atoms with Crippen LogP contribution in [0.25, 0.3) is 16.6 Å². The van der Waals surface area contributed by atoms with Crippen LogP contribution in [-0.2, 0) is 9.53 Å². The number of ether oxygens (including phenoxy) is 1. The van der Waals surface area contributed by atoms with E-state index in [-0.39, 0.29) is 29.3 Å². The van der Waals surface area contributed by atoms with Crippen LogP contribution in [0.2, 0.25) is 0 Å². The van der Waals surface area contributed by atoms with Crippen molar-refractivity contribution in [1.82, 2.24) is 19.5 Å². The smallest absolute Gasteiger partial charge is 0.344 e. The standard InChI is InChI=1S/C20H22N4O4/c1-12-7-13(2)10-23(9-12)17(25)11-28-20(27)15-8-21-24-16-6-4-3-5-14(16)19(26)22-18(15)24/h3-6,8,12-13H,7,9-11H2,1-2H3,(H,22,26). The van der Waals surface area contributed by atoms with E-state index in [4.69, 9.17) is 4.74 Å². The summed E-state index contributed by atoms with van der Waals surface area (Å²) in [5, 5.41) is 4.67. The van der Waals surface area contributed by atoms with Gasteiger partial charge in [-0.2, -0.15) is 5.10 Å². The van der Waals surface area contributed by atoms with Gasteiger partial charge in [-0.1, -0.05) is 26.0 Å². The third-order valence-corrected chi connectivity index (χ3v) is 5.15. The van der Waals surface area contributed by atoms with Gasteiger partial charge in [0.2, 0.25) is 0 Å². The molecule has 0 radical (unpaired) electrons. The number of hydrogen-bond acceptors (Lipinski definition) is 5. The zero-order chi connectivity index (χ0) is 19.8. The number of carbonyl (C=O) groups is 2. The molecule has 0 spiro atoms. The number of nitrogens with one attached hydrogen (secondary N) is 1. The first-order valence-electron chi connectivity index (χ1n) is 9.37. The fraction of sp³-hybridized carbons (Fsp3) is 0.400. The first-order valence-corrected chi connectivity index (χ1v) is 9.37. The first-order chi connectivity index (χ1) is 13.4. The van der Waals surface area contributed by atoms with Crippen molar-refractivity contribution in [1.29, 1.82) is 0 Å². The van der Waals surface area contributed by atoms with Gasteiger partial charge >= 0.3 is 5.97 Å². The number of nitrogens with zero attached hydrogens (tertiary/aromatic N) is 3. The van der Waals surface area contributed by atoms with E-state index in [0.29, 0.717) is 35.8 Å². The molecule has 1 aromatic carbocycles. The van der Waals surface area contributed by atoms with Gasteiger partial charge in [0, 0.05) is 13.1 Å². The van der Waals surface area contributed by atoms with Gasteiger partial charge in [0.1, 0.15) is 5.56 Å². The monoisotopic (exact) mass is 382 g/mol. The van der Waals surface area contributed by atoms with E-state index in [1.807, 2.05) is 0 Å². The molecule has 0 bridgehead atoms. The number of fused-ring (bicyclic) bond motifs is 3. The first kappa shape index (κ1) is 18.2. The predicted molar refractivity (Wildman–Crippen MR) is 103 cm³/mol. The molecule has 0 aliphatic carbocycles. The number of piperidine rings is 1. The number of aromatic amines is 1. The van der Waals surface area contributed by atoms with Crippen molar-refractivity contribution in [3.63, 3.8) is 0 Å². The van der Waals surface area contributed by atoms with Crippen LogP contribution in [0.1, 0.15) is 30.6 Å². The molecule has 8 nitrogen and oxygen atoms in total. The Balaban J connectivity index is 1.53. The van der Waals surface area contributed by atoms with Crippen LogP contribution < -0.4 is 5.56 Å². The highest BCUT2D eigenvalue weighted by Crippen LogP contribution is 2.21. The molecule has 1 amide bonds. The summed E-state index contributed by atoms with van der Waals surface area (Å²) in [6, 6.07) is 6.99. The maximum absolute atomic E-state index is 12.5. The summed E-state index contributed by atoms with van der Waals surface area (Å²) < 4.78 is 6.72. The topological polar surface area (TPSA) is 96.8 Å². The normalized spacial score (nSPS) is 19.9. The summed E-state index contributed by atoms with van der Waals surface area (Å²) in [5.74, 6) is -0.0303. The van der Waals surface area contributed by atoms with Crippen molar-refractivity contribution < 1.29 is 14.3 Å². The number of aromatic nitrogens is 3. The molecule has 1 aliphatic heterocycles. The van der Waals surface area contributed by atoms with Crippen molar-refractivity contribution in [2.45, 2.75) is 20.3 Å². The number of carbonyl (C=O) groups excluding carboxylic acids is 2. The van der Waals surface area contributed by atoms with E-state index in [1.165, 1.54) is 10.7 Å². The Morgan fingerprint density at radius 3 is 2.68 bits per heavy atom. The van der Waals surface area contributed by atoms with Crippen LogP contribution in [0, 0.1) is 11.8 Å². The van der Waals surface area contributed by atoms with E-state index >= 15 is 0 Å². The Labute approximate surface area is 161 Å². The van der Waals surface area contributed by atoms with E-state index in [1.54, 1.807) is 29.2 Å². The molecule has 0 saturated carbocycles. The second-order valence-corrected chi connectivity index (χ2v) is 7.61. The van der Waals surface area contributed by atoms with E-state index in [0.717, 1.165) is 6.42 Å². The molecule has 1 saturated heterocycles. The Hall–Kier alpha value is -3.16. The van der Waals surface area contributed by atoms with Crippen LogP contribution in [-0.4, -0.2) is 51.1 Å². The summed E-state index contributed by atoms with van der Waals surface area (Å²) in [5.41, 5.74) is 0.648. The molecule has 8 heteroatoms. The molecule has 1 fully saturated rings. The van der Waals surface area contributed by atoms with Gasteiger partial charge in [0.15, 0.2) is 12.3 Å². The summed E-state index contributed by atoms with van der Waals surface area (Å²) in [6.07, 6.45) is 2.43. The highest BCUT2D eigenvalue weighted by molar-refractivity contribution is 5.98. The molecule has 2 atom stereocenters. The number of hydrogen-bond donors (Lipinski definition) is 1. The van der Waals surface area contributed by atoms with Crippen LogP contribution in [0.15, 0.2) is 35.3 Å². The average molecular weight is 382 g/mol. The minimum Gasteiger partial charge on any atom is -0.452 e. The van der Waals surface area contributed by atoms with Gasteiger partial charge in [-0.15, -0.1) is 0 Å². The third kappa shape index (κ3) is 3.26. The van der Waals surface area contributed by atoms with E-state index < -0.39 is 5.97 Å². The van der Waals surface area contributed by atoms with Crippen LogP contribution in [0.4, 0.5) is 0 Å². The molecule has 3 aromatic rings. The minimum absolute atomic E-state index is 0.121. The molecule has 3 heterocycles. The Kier molecular flexibility index (Phi) is 4.62. The molecule has 1 aliphatic rings. The Bertz CT molecular complexity index is 1110. The predicted octanol–water partition coefficient (Wildman–Crippen LogP) is 1.84. The van der Waals surface area contributed by atoms with Gasteiger partial charge in [0.05, 0.1) is 17.1 Å². The van der Waals surface area contributed by atoms with Crippen LogP contribution in [0.5, 0.6) is 0 Å². The fourth-order valence-corrected chi connectivity index (χ4v) is 3.99. The Morgan fingerprint density at radius 2 is 1.93 bits per heavy atom. The SMILES string of the molecule is CC1CC(C)CN(C(=O)COC(=O)c2cnn3c2[nH]c(=O)c2ccccc23)C1. The van der Waals surface area contributed by atoms with Crippen LogP contribution in [0.3, 0.4) is 0 Å². The second-order valence-electron chi connectivity index (χ2n) is 7.61. The van der Waals surface area contributed by atoms with Crippen molar-refractivity contribution >= 4 is 28.4 Å². The number of amides is 1. The van der Waals surface area contributed by atoms with Gasteiger partial charge in [-0.05, 0) is 30.4 Å². The number of esters is 1. The molecular formula is C20H22N4O4. The summed E-state index contributed by atoms with van der Waals surface area (Å²) in [4.78, 5) is 41.7. The number of likely N-dealkylation sites (tertiary alicyclic amines) is 1. The molecular weight excluding hydrogens is 360 g/mol. The molecule has 2 unspecified atom stereocenters. The number of benzene rings is 1. The second kappa shape index (κ2) is 7.10. The van der Waals surface area contributed by atoms with E-state index in [9.17, 15) is 14.4 Å². The van der Waals surface area contributed by atoms with Crippen molar-refractivity contribution in [3.05, 3.63) is 46.4 Å². The number of para-hydroxylation sites is 1. The third-order valence-electron chi connectivity index (χ3n) is 5.15. The molecule has 2 aromatic heterocycles. The lowest BCUT2D eigenvalue weighted by Gasteiger charge is -2.34. The van der Waals surface area contributed by atoms with Gasteiger partial charge in [0.25, 0.3) is 11.5 Å². The Morgan fingerprint density at radius 1 is 1.21 bits per heavy atom. The summed E-state index contributed by atoms with van der Waals surface area (Å²) in [6.45, 7) is 5.25. The highest BCUT2D eigenvalue weighted by atomic mass is 16.5. The molecule has 4 rings (SSSR count). The lowest BCUT2D eigenvalue weighted by molar-refractivity contribution is -0.137. The number of H-pyrrole nitrogens is 1. The maximum atomic E-state index is 12.5. The largest absolute Gasteiger partial charge is 0.452 e. The maximum Gasteiger partial charge on any atom is 0.344 e. The van der Waals surface area contributed by atoms with Gasteiger partial charge < -0.3 is 14.6 Å². The summed E-state index contributed by atoms with van der Waals surface area (Å²) in [7, 11) is 0. The molecule has 1 N–H and O–H groups in total. The van der Waals surface area contributed by atoms with Crippen LogP contribution >= 0.6 is 0 Å². The van der Waals surface area contributed by atoms with Gasteiger partial charge in [-0.3, -0.25) is 9.59 Å². The summed E-state index contributed by atoms with van der Waals surface area (Å²) >= 11 is 0. The lowest BCUT2D eigenvalue weighted by Crippen LogP contribution is -2.44. The fourth-order valence-electron chi connectivity index (χ4n) is 3.99. The zero-order valence-corrected chi connectivity index (χ0v) is 15.8. The zero-order valence-electron chi connectivity index (χ0n) is 15.8. The van der Waals surface area contributed by atoms with Gasteiger partial charge in [-0.25, -0.2) is 9.31 Å². The molecule has 28 heavy (non-hydrogen) atoms. The lowest BCUT2D eigenvalue weighted by atomic mass is 9.92. The number of rotatable bonds is 3. The van der Waals surface area contributed by atoms with Crippen molar-refractivity contribution in [2.75, 3.05) is 19.7 Å². The van der Waals surface area contributed by atoms with Crippen molar-refractivity contribution in [3.8, 4) is 0 Å². The van der Waals surface area contributed by atoms with E-state index in [2.05, 4.69) is 23.9 Å². The highest BCUT2D eigenvalue weighted by Gasteiger charge is 2.26. The molecule has 146 valence electrons. The minimum atomic E-state index is -0.688. The van der Waals surface area contributed by atoms with Crippen molar-refractivity contribution in [2.24, 2.45) is 11.8 Å². The average Bonchev–Trinajstić information content (AvgIpc) is 3.09. The quantitative estimate of drug-likeness (QED) is 0.697.